The monoisotopic (exact) mass is 180 g/mol. The van der Waals surface area contributed by atoms with Gasteiger partial charge in [0.1, 0.15) is 0 Å². The Balaban J connectivity index is 3.35. The van der Waals surface area contributed by atoms with Crippen molar-refractivity contribution in [2.75, 3.05) is 6.54 Å². The fourth-order valence-electron chi connectivity index (χ4n) is 1.06. The molecule has 13 heavy (non-hydrogen) atoms. The van der Waals surface area contributed by atoms with Crippen LogP contribution in [0.25, 0.3) is 0 Å². The number of aliphatic imine (C=N–C) groups is 1. The van der Waals surface area contributed by atoms with Crippen LogP contribution in [-0.4, -0.2) is 12.8 Å². The molecule has 0 aliphatic rings. The summed E-state index contributed by atoms with van der Waals surface area (Å²) in [5.41, 5.74) is 0. The smallest absolute Gasteiger partial charge is 0.0808 e. The fourth-order valence-corrected chi connectivity index (χ4v) is 1.06. The summed E-state index contributed by atoms with van der Waals surface area (Å²) < 4.78 is 0. The second kappa shape index (κ2) is 9.25. The zero-order chi connectivity index (χ0) is 9.94. The molecule has 0 aromatic carbocycles. The zero-order valence-corrected chi connectivity index (χ0v) is 8.79. The van der Waals surface area contributed by atoms with Gasteiger partial charge in [-0.15, -0.1) is 0 Å². The van der Waals surface area contributed by atoms with Gasteiger partial charge in [-0.1, -0.05) is 33.1 Å². The van der Waals surface area contributed by atoms with E-state index in [0.717, 1.165) is 19.4 Å². The number of rotatable bonds is 7. The zero-order valence-electron chi connectivity index (χ0n) is 8.79. The van der Waals surface area contributed by atoms with Crippen molar-refractivity contribution in [1.82, 2.24) is 0 Å². The van der Waals surface area contributed by atoms with Crippen LogP contribution in [-0.2, 0) is 0 Å². The van der Waals surface area contributed by atoms with E-state index in [0.29, 0.717) is 0 Å². The van der Waals surface area contributed by atoms with Gasteiger partial charge in [-0.2, -0.15) is 5.26 Å². The van der Waals surface area contributed by atoms with E-state index in [9.17, 15) is 0 Å². The average Bonchev–Trinajstić information content (AvgIpc) is 2.17. The molecule has 0 fully saturated rings. The van der Waals surface area contributed by atoms with E-state index in [2.05, 4.69) is 18.0 Å². The summed E-state index contributed by atoms with van der Waals surface area (Å²) in [6.07, 6.45) is 7.65. The number of nitrogens with zero attached hydrogens (tertiary/aromatic N) is 2. The second-order valence-electron chi connectivity index (χ2n) is 3.26. The quantitative estimate of drug-likeness (QED) is 0.438. The molecular formula is C11H20N2. The predicted octanol–water partition coefficient (Wildman–Crippen LogP) is 3.19. The van der Waals surface area contributed by atoms with E-state index >= 15 is 0 Å². The Morgan fingerprint density at radius 1 is 1.31 bits per heavy atom. The lowest BCUT2D eigenvalue weighted by molar-refractivity contribution is 0.674. The summed E-state index contributed by atoms with van der Waals surface area (Å²) in [6, 6.07) is 2.20. The predicted molar refractivity (Wildman–Crippen MR) is 56.9 cm³/mol. The van der Waals surface area contributed by atoms with E-state index in [4.69, 9.17) is 5.26 Å². The van der Waals surface area contributed by atoms with Crippen LogP contribution in [0.4, 0.5) is 0 Å². The number of hydrogen-bond acceptors (Lipinski definition) is 2. The van der Waals surface area contributed by atoms with Crippen molar-refractivity contribution < 1.29 is 0 Å². The first kappa shape index (κ1) is 12.2. The molecule has 0 saturated heterocycles. The van der Waals surface area contributed by atoms with Crippen LogP contribution in [0.3, 0.4) is 0 Å². The summed E-state index contributed by atoms with van der Waals surface area (Å²) in [5, 5.41) is 8.63. The minimum Gasteiger partial charge on any atom is -0.296 e. The third-order valence-electron chi connectivity index (χ3n) is 2.03. The van der Waals surface area contributed by atoms with Gasteiger partial charge in [0.2, 0.25) is 0 Å². The lowest BCUT2D eigenvalue weighted by Gasteiger charge is -1.97. The molecule has 0 amide bonds. The molecule has 1 atom stereocenters. The van der Waals surface area contributed by atoms with E-state index in [-0.39, 0.29) is 5.92 Å². The molecule has 0 saturated carbocycles. The van der Waals surface area contributed by atoms with Crippen molar-refractivity contribution in [3.63, 3.8) is 0 Å². The third-order valence-corrected chi connectivity index (χ3v) is 2.03. The Hall–Kier alpha value is -0.840. The van der Waals surface area contributed by atoms with Crippen molar-refractivity contribution in [2.45, 2.75) is 46.0 Å². The summed E-state index contributed by atoms with van der Waals surface area (Å²) in [7, 11) is 0. The highest BCUT2D eigenvalue weighted by molar-refractivity contribution is 5.63. The van der Waals surface area contributed by atoms with Crippen LogP contribution in [0.1, 0.15) is 46.0 Å². The van der Waals surface area contributed by atoms with Gasteiger partial charge in [-0.05, 0) is 12.8 Å². The Morgan fingerprint density at radius 2 is 2.08 bits per heavy atom. The number of hydrogen-bond donors (Lipinski definition) is 0. The normalized spacial score (nSPS) is 13.0. The Kier molecular flexibility index (Phi) is 8.65. The van der Waals surface area contributed by atoms with Gasteiger partial charge < -0.3 is 0 Å². The minimum atomic E-state index is 0.0196. The van der Waals surface area contributed by atoms with Gasteiger partial charge in [-0.3, -0.25) is 4.99 Å². The SMILES string of the molecule is CCCCCCN=CC(C#N)CC. The van der Waals surface area contributed by atoms with Crippen molar-refractivity contribution >= 4 is 6.21 Å². The molecule has 0 aromatic heterocycles. The molecule has 0 rings (SSSR count). The largest absolute Gasteiger partial charge is 0.296 e. The standard InChI is InChI=1S/C11H20N2/c1-3-5-6-7-8-13-10-11(4-2)9-12/h10-11H,3-8H2,1-2H3. The topological polar surface area (TPSA) is 36.1 Å². The minimum absolute atomic E-state index is 0.0196. The highest BCUT2D eigenvalue weighted by Crippen LogP contribution is 2.00. The molecule has 0 N–H and O–H groups in total. The summed E-state index contributed by atoms with van der Waals surface area (Å²) in [5.74, 6) is 0.0196. The van der Waals surface area contributed by atoms with Gasteiger partial charge in [-0.25, -0.2) is 0 Å². The second-order valence-corrected chi connectivity index (χ2v) is 3.26. The fraction of sp³-hybridized carbons (Fsp3) is 0.818. The molecule has 0 radical (unpaired) electrons. The van der Waals surface area contributed by atoms with Crippen molar-refractivity contribution in [3.05, 3.63) is 0 Å². The maximum absolute atomic E-state index is 8.63. The lowest BCUT2D eigenvalue weighted by Crippen LogP contribution is -1.96. The molecule has 0 bridgehead atoms. The summed E-state index contributed by atoms with van der Waals surface area (Å²) in [4.78, 5) is 4.24. The molecule has 74 valence electrons. The van der Waals surface area contributed by atoms with Gasteiger partial charge >= 0.3 is 0 Å². The Bertz CT molecular complexity index is 167. The molecule has 0 aromatic rings. The van der Waals surface area contributed by atoms with E-state index in [1.54, 1.807) is 6.21 Å². The first-order chi connectivity index (χ1) is 6.35. The van der Waals surface area contributed by atoms with Gasteiger partial charge in [0.15, 0.2) is 0 Å². The van der Waals surface area contributed by atoms with Crippen LogP contribution in [0.15, 0.2) is 4.99 Å². The van der Waals surface area contributed by atoms with Gasteiger partial charge in [0.25, 0.3) is 0 Å². The molecule has 0 aliphatic heterocycles. The van der Waals surface area contributed by atoms with Crippen LogP contribution in [0, 0.1) is 17.2 Å². The van der Waals surface area contributed by atoms with E-state index < -0.39 is 0 Å². The van der Waals surface area contributed by atoms with Crippen LogP contribution in [0.2, 0.25) is 0 Å². The molecule has 0 aliphatic carbocycles. The first-order valence-corrected chi connectivity index (χ1v) is 5.24. The Morgan fingerprint density at radius 3 is 2.62 bits per heavy atom. The molecule has 2 nitrogen and oxygen atoms in total. The maximum atomic E-state index is 8.63. The van der Waals surface area contributed by atoms with Crippen LogP contribution in [0.5, 0.6) is 0 Å². The highest BCUT2D eigenvalue weighted by atomic mass is 14.7. The average molecular weight is 180 g/mol. The van der Waals surface area contributed by atoms with Crippen LogP contribution < -0.4 is 0 Å². The number of unbranched alkanes of at least 4 members (excludes halogenated alkanes) is 3. The van der Waals surface area contributed by atoms with Crippen molar-refractivity contribution in [3.8, 4) is 6.07 Å². The van der Waals surface area contributed by atoms with Crippen molar-refractivity contribution in [2.24, 2.45) is 10.9 Å². The van der Waals surface area contributed by atoms with Gasteiger partial charge in [0, 0.05) is 12.8 Å². The molecule has 0 heterocycles. The lowest BCUT2D eigenvalue weighted by atomic mass is 10.1. The highest BCUT2D eigenvalue weighted by Gasteiger charge is 1.97. The molecule has 0 spiro atoms. The molecular weight excluding hydrogens is 160 g/mol. The number of nitriles is 1. The molecule has 2 heteroatoms. The molecule has 1 unspecified atom stereocenters. The summed E-state index contributed by atoms with van der Waals surface area (Å²) in [6.45, 7) is 5.10. The maximum Gasteiger partial charge on any atom is 0.0808 e. The van der Waals surface area contributed by atoms with E-state index in [1.807, 2.05) is 6.92 Å². The van der Waals surface area contributed by atoms with Gasteiger partial charge in [0.05, 0.1) is 12.0 Å². The van der Waals surface area contributed by atoms with Crippen LogP contribution >= 0.6 is 0 Å². The summed E-state index contributed by atoms with van der Waals surface area (Å²) >= 11 is 0. The first-order valence-electron chi connectivity index (χ1n) is 5.24. The van der Waals surface area contributed by atoms with Crippen molar-refractivity contribution in [1.29, 1.82) is 5.26 Å². The third kappa shape index (κ3) is 7.52. The van der Waals surface area contributed by atoms with E-state index in [1.165, 1.54) is 19.3 Å². The Labute approximate surface area is 81.7 Å².